The molecule has 0 heterocycles. The molecule has 144 valence electrons. The Bertz CT molecular complexity index is 425. The van der Waals surface area contributed by atoms with Crippen LogP contribution in [0.3, 0.4) is 0 Å². The van der Waals surface area contributed by atoms with Crippen LogP contribution in [0.25, 0.3) is 0 Å². The summed E-state index contributed by atoms with van der Waals surface area (Å²) in [5, 5.41) is 6.45. The predicted molar refractivity (Wildman–Crippen MR) is 105 cm³/mol. The van der Waals surface area contributed by atoms with Gasteiger partial charge in [0.2, 0.25) is 5.91 Å². The van der Waals surface area contributed by atoms with Gasteiger partial charge in [0.1, 0.15) is 0 Å². The SMILES string of the molecule is CCNC(=NCCCNC(=O)C1CCC1)N(C)CC1CCC(C)CC1. The molecule has 0 radical (unpaired) electrons. The molecule has 0 aromatic rings. The van der Waals surface area contributed by atoms with Gasteiger partial charge in [-0.1, -0.05) is 26.2 Å². The lowest BCUT2D eigenvalue weighted by atomic mass is 9.83. The summed E-state index contributed by atoms with van der Waals surface area (Å²) in [6.45, 7) is 7.97. The Balaban J connectivity index is 1.68. The third-order valence-electron chi connectivity index (χ3n) is 5.74. The molecule has 2 aliphatic carbocycles. The van der Waals surface area contributed by atoms with Crippen LogP contribution in [-0.2, 0) is 4.79 Å². The van der Waals surface area contributed by atoms with Gasteiger partial charge in [0.25, 0.3) is 0 Å². The highest BCUT2D eigenvalue weighted by molar-refractivity contribution is 5.80. The fraction of sp³-hybridized carbons (Fsp3) is 0.900. The Hall–Kier alpha value is -1.26. The van der Waals surface area contributed by atoms with Crippen LogP contribution in [0.15, 0.2) is 4.99 Å². The molecule has 2 saturated carbocycles. The van der Waals surface area contributed by atoms with Crippen molar-refractivity contribution in [3.05, 3.63) is 0 Å². The highest BCUT2D eigenvalue weighted by atomic mass is 16.1. The second-order valence-corrected chi connectivity index (χ2v) is 8.01. The minimum Gasteiger partial charge on any atom is -0.357 e. The first-order valence-corrected chi connectivity index (χ1v) is 10.4. The summed E-state index contributed by atoms with van der Waals surface area (Å²) in [5.41, 5.74) is 0. The Kier molecular flexibility index (Phi) is 8.56. The minimum atomic E-state index is 0.241. The number of carbonyl (C=O) groups excluding carboxylic acids is 1. The third-order valence-corrected chi connectivity index (χ3v) is 5.74. The van der Waals surface area contributed by atoms with Crippen molar-refractivity contribution < 1.29 is 4.79 Å². The molecule has 25 heavy (non-hydrogen) atoms. The zero-order chi connectivity index (χ0) is 18.1. The van der Waals surface area contributed by atoms with E-state index >= 15 is 0 Å². The van der Waals surface area contributed by atoms with Crippen molar-refractivity contribution in [3.63, 3.8) is 0 Å². The standard InChI is InChI=1S/C20H38N4O/c1-4-21-20(24(3)15-17-11-9-16(2)10-12-17)23-14-6-13-22-19(25)18-7-5-8-18/h16-18H,4-15H2,1-3H3,(H,21,23)(H,22,25). The molecule has 2 fully saturated rings. The smallest absolute Gasteiger partial charge is 0.223 e. The highest BCUT2D eigenvalue weighted by Gasteiger charge is 2.24. The average Bonchev–Trinajstić information content (AvgIpc) is 2.54. The fourth-order valence-corrected chi connectivity index (χ4v) is 3.75. The number of nitrogens with one attached hydrogen (secondary N) is 2. The monoisotopic (exact) mass is 350 g/mol. The van der Waals surface area contributed by atoms with Gasteiger partial charge in [0.15, 0.2) is 5.96 Å². The molecular formula is C20H38N4O. The first-order valence-electron chi connectivity index (χ1n) is 10.4. The van der Waals surface area contributed by atoms with E-state index in [0.29, 0.717) is 0 Å². The van der Waals surface area contributed by atoms with E-state index in [-0.39, 0.29) is 11.8 Å². The second-order valence-electron chi connectivity index (χ2n) is 8.01. The summed E-state index contributed by atoms with van der Waals surface area (Å²) >= 11 is 0. The Morgan fingerprint density at radius 3 is 2.44 bits per heavy atom. The second kappa shape index (κ2) is 10.7. The van der Waals surface area contributed by atoms with Crippen LogP contribution in [-0.4, -0.2) is 50.0 Å². The van der Waals surface area contributed by atoms with E-state index in [9.17, 15) is 4.79 Å². The van der Waals surface area contributed by atoms with Crippen molar-refractivity contribution in [2.75, 3.05) is 33.2 Å². The fourth-order valence-electron chi connectivity index (χ4n) is 3.75. The number of nitrogens with zero attached hydrogens (tertiary/aromatic N) is 2. The van der Waals surface area contributed by atoms with E-state index in [1.807, 2.05) is 0 Å². The highest BCUT2D eigenvalue weighted by Crippen LogP contribution is 2.28. The molecule has 0 aromatic heterocycles. The van der Waals surface area contributed by atoms with Gasteiger partial charge in [-0.15, -0.1) is 0 Å². The summed E-state index contributed by atoms with van der Waals surface area (Å²) in [5.74, 6) is 3.23. The maximum Gasteiger partial charge on any atom is 0.223 e. The number of hydrogen-bond donors (Lipinski definition) is 2. The summed E-state index contributed by atoms with van der Waals surface area (Å²) in [7, 11) is 2.15. The van der Waals surface area contributed by atoms with Gasteiger partial charge in [-0.3, -0.25) is 9.79 Å². The molecule has 0 spiro atoms. The number of rotatable bonds is 8. The van der Waals surface area contributed by atoms with Crippen molar-refractivity contribution >= 4 is 11.9 Å². The molecule has 1 amide bonds. The van der Waals surface area contributed by atoms with Crippen molar-refractivity contribution in [2.24, 2.45) is 22.7 Å². The van der Waals surface area contributed by atoms with Gasteiger partial charge in [-0.2, -0.15) is 0 Å². The van der Waals surface area contributed by atoms with Gasteiger partial charge in [-0.05, 0) is 50.9 Å². The Morgan fingerprint density at radius 2 is 1.84 bits per heavy atom. The predicted octanol–water partition coefficient (Wildman–Crippen LogP) is 3.02. The van der Waals surface area contributed by atoms with Gasteiger partial charge < -0.3 is 15.5 Å². The van der Waals surface area contributed by atoms with Crippen molar-refractivity contribution in [3.8, 4) is 0 Å². The molecular weight excluding hydrogens is 312 g/mol. The Labute approximate surface area is 154 Å². The number of hydrogen-bond acceptors (Lipinski definition) is 2. The van der Waals surface area contributed by atoms with E-state index in [1.165, 1.54) is 32.1 Å². The Morgan fingerprint density at radius 1 is 1.12 bits per heavy atom. The molecule has 2 aliphatic rings. The van der Waals surface area contributed by atoms with E-state index in [1.54, 1.807) is 0 Å². The summed E-state index contributed by atoms with van der Waals surface area (Å²) in [4.78, 5) is 18.8. The van der Waals surface area contributed by atoms with Crippen LogP contribution >= 0.6 is 0 Å². The maximum atomic E-state index is 11.8. The lowest BCUT2D eigenvalue weighted by Crippen LogP contribution is -2.42. The average molecular weight is 351 g/mol. The molecule has 2 rings (SSSR count). The van der Waals surface area contributed by atoms with Crippen molar-refractivity contribution in [2.45, 2.75) is 65.2 Å². The van der Waals surface area contributed by atoms with Crippen LogP contribution in [0.5, 0.6) is 0 Å². The molecule has 0 aliphatic heterocycles. The molecule has 2 N–H and O–H groups in total. The van der Waals surface area contributed by atoms with E-state index in [2.05, 4.69) is 36.4 Å². The van der Waals surface area contributed by atoms with Gasteiger partial charge in [0, 0.05) is 39.1 Å². The number of amides is 1. The molecule has 0 saturated heterocycles. The maximum absolute atomic E-state index is 11.8. The number of aliphatic imine (C=N–C) groups is 1. The normalized spacial score (nSPS) is 24.5. The first-order chi connectivity index (χ1) is 12.1. The van der Waals surface area contributed by atoms with Crippen molar-refractivity contribution in [1.82, 2.24) is 15.5 Å². The number of guanidine groups is 1. The molecule has 0 bridgehead atoms. The summed E-state index contributed by atoms with van der Waals surface area (Å²) < 4.78 is 0. The molecule has 5 heteroatoms. The van der Waals surface area contributed by atoms with E-state index < -0.39 is 0 Å². The minimum absolute atomic E-state index is 0.241. The lowest BCUT2D eigenvalue weighted by molar-refractivity contribution is -0.127. The molecule has 0 unspecified atom stereocenters. The first kappa shape index (κ1) is 20.1. The van der Waals surface area contributed by atoms with Crippen LogP contribution < -0.4 is 10.6 Å². The molecule has 0 aromatic carbocycles. The van der Waals surface area contributed by atoms with Gasteiger partial charge in [0.05, 0.1) is 0 Å². The molecule has 5 nitrogen and oxygen atoms in total. The van der Waals surface area contributed by atoms with E-state index in [4.69, 9.17) is 4.99 Å². The quantitative estimate of drug-likeness (QED) is 0.402. The van der Waals surface area contributed by atoms with Crippen LogP contribution in [0.4, 0.5) is 0 Å². The van der Waals surface area contributed by atoms with Gasteiger partial charge >= 0.3 is 0 Å². The summed E-state index contributed by atoms with van der Waals surface area (Å²) in [6.07, 6.45) is 9.68. The van der Waals surface area contributed by atoms with Crippen molar-refractivity contribution in [1.29, 1.82) is 0 Å². The van der Waals surface area contributed by atoms with Crippen LogP contribution in [0.1, 0.15) is 65.2 Å². The zero-order valence-corrected chi connectivity index (χ0v) is 16.5. The van der Waals surface area contributed by atoms with Crippen LogP contribution in [0.2, 0.25) is 0 Å². The topological polar surface area (TPSA) is 56.7 Å². The van der Waals surface area contributed by atoms with E-state index in [0.717, 1.165) is 63.2 Å². The summed E-state index contributed by atoms with van der Waals surface area (Å²) in [6, 6.07) is 0. The van der Waals surface area contributed by atoms with Crippen LogP contribution in [0, 0.1) is 17.8 Å². The lowest BCUT2D eigenvalue weighted by Gasteiger charge is -2.31. The molecule has 0 atom stereocenters. The van der Waals surface area contributed by atoms with Gasteiger partial charge in [-0.25, -0.2) is 0 Å². The zero-order valence-electron chi connectivity index (χ0n) is 16.5. The number of carbonyl (C=O) groups is 1. The third kappa shape index (κ3) is 6.87. The largest absolute Gasteiger partial charge is 0.357 e.